The minimum absolute atomic E-state index is 0.00857. The van der Waals surface area contributed by atoms with E-state index in [1.54, 1.807) is 24.3 Å². The van der Waals surface area contributed by atoms with Crippen LogP contribution < -0.4 is 5.43 Å². The zero-order valence-corrected chi connectivity index (χ0v) is 21.7. The largest absolute Gasteiger partial charge is 0.506 e. The molecule has 186 valence electrons. The predicted octanol–water partition coefficient (Wildman–Crippen LogP) is 7.63. The quantitative estimate of drug-likeness (QED) is 0.236. The molecule has 7 heteroatoms. The summed E-state index contributed by atoms with van der Waals surface area (Å²) in [7, 11) is 0. The summed E-state index contributed by atoms with van der Waals surface area (Å²) in [4.78, 5) is 27.5. The van der Waals surface area contributed by atoms with Crippen LogP contribution in [0.4, 0.5) is 0 Å². The van der Waals surface area contributed by atoms with Crippen molar-refractivity contribution in [3.05, 3.63) is 110 Å². The summed E-state index contributed by atoms with van der Waals surface area (Å²) in [6.45, 7) is 4.49. The van der Waals surface area contributed by atoms with Crippen molar-refractivity contribution >= 4 is 40.1 Å². The van der Waals surface area contributed by atoms with Crippen LogP contribution >= 0.6 is 23.2 Å². The molecule has 3 aromatic carbocycles. The van der Waals surface area contributed by atoms with Gasteiger partial charge in [-0.05, 0) is 49.2 Å². The molecule has 1 aliphatic heterocycles. The maximum absolute atomic E-state index is 13.4. The Kier molecular flexibility index (Phi) is 6.67. The highest BCUT2D eigenvalue weighted by Crippen LogP contribution is 2.43. The summed E-state index contributed by atoms with van der Waals surface area (Å²) >= 11 is 12.4. The molecule has 5 nitrogen and oxygen atoms in total. The van der Waals surface area contributed by atoms with E-state index < -0.39 is 0 Å². The van der Waals surface area contributed by atoms with Gasteiger partial charge in [-0.2, -0.15) is 0 Å². The fraction of sp³-hybridized carbons (Fsp3) is 0.133. The van der Waals surface area contributed by atoms with Gasteiger partial charge in [0.15, 0.2) is 0 Å². The lowest BCUT2D eigenvalue weighted by Gasteiger charge is -2.27. The number of amides is 1. The lowest BCUT2D eigenvalue weighted by molar-refractivity contribution is 0.0690. The van der Waals surface area contributed by atoms with E-state index in [-0.39, 0.29) is 33.2 Å². The second kappa shape index (κ2) is 9.92. The Morgan fingerprint density at radius 3 is 2.32 bits per heavy atom. The first kappa shape index (κ1) is 24.9. The second-order valence-electron chi connectivity index (χ2n) is 9.15. The van der Waals surface area contributed by atoms with E-state index >= 15 is 0 Å². The molecule has 0 fully saturated rings. The van der Waals surface area contributed by atoms with Crippen LogP contribution in [0.15, 0.2) is 88.1 Å². The summed E-state index contributed by atoms with van der Waals surface area (Å²) in [5.74, 6) is 0.121. The van der Waals surface area contributed by atoms with Crippen molar-refractivity contribution in [1.29, 1.82) is 0 Å². The van der Waals surface area contributed by atoms with Gasteiger partial charge in [0.25, 0.3) is 5.91 Å². The highest BCUT2D eigenvalue weighted by atomic mass is 35.5. The molecule has 0 aromatic heterocycles. The first-order valence-corrected chi connectivity index (χ1v) is 12.5. The van der Waals surface area contributed by atoms with Crippen LogP contribution in [0.3, 0.4) is 0 Å². The molecule has 0 atom stereocenters. The maximum Gasteiger partial charge on any atom is 0.254 e. The molecule has 3 aromatic rings. The topological polar surface area (TPSA) is 70.8 Å². The number of halogens is 2. The van der Waals surface area contributed by atoms with Gasteiger partial charge in [-0.1, -0.05) is 65.7 Å². The molecule has 1 amide bonds. The molecular weight excluding hydrogens is 509 g/mol. The first-order chi connectivity index (χ1) is 17.7. The van der Waals surface area contributed by atoms with Crippen molar-refractivity contribution < 1.29 is 14.3 Å². The van der Waals surface area contributed by atoms with Crippen LogP contribution in [-0.4, -0.2) is 22.0 Å². The Balaban J connectivity index is 1.60. The highest BCUT2D eigenvalue weighted by molar-refractivity contribution is 6.33. The molecule has 0 spiro atoms. The number of benzene rings is 4. The molecule has 5 rings (SSSR count). The van der Waals surface area contributed by atoms with Crippen LogP contribution in [0.25, 0.3) is 33.4 Å². The minimum atomic E-state index is -0.366. The summed E-state index contributed by atoms with van der Waals surface area (Å²) in [6, 6.07) is 23.1. The van der Waals surface area contributed by atoms with Gasteiger partial charge in [0.2, 0.25) is 5.43 Å². The average Bonchev–Trinajstić information content (AvgIpc) is 2.88. The molecular formula is C30H23Cl2NO4. The molecule has 0 radical (unpaired) electrons. The van der Waals surface area contributed by atoms with Crippen molar-refractivity contribution in [2.45, 2.75) is 26.4 Å². The molecule has 0 bridgehead atoms. The lowest BCUT2D eigenvalue weighted by atomic mass is 9.93. The molecule has 1 aliphatic carbocycles. The van der Waals surface area contributed by atoms with Crippen molar-refractivity contribution in [3.8, 4) is 28.2 Å². The van der Waals surface area contributed by atoms with Crippen molar-refractivity contribution in [2.24, 2.45) is 0 Å². The van der Waals surface area contributed by atoms with Gasteiger partial charge in [0.1, 0.15) is 17.1 Å². The van der Waals surface area contributed by atoms with Gasteiger partial charge < -0.3 is 14.4 Å². The van der Waals surface area contributed by atoms with E-state index in [1.165, 1.54) is 12.1 Å². The third kappa shape index (κ3) is 4.80. The number of phenols is 1. The zero-order chi connectivity index (χ0) is 26.3. The lowest BCUT2D eigenvalue weighted by Crippen LogP contribution is -2.36. The highest BCUT2D eigenvalue weighted by Gasteiger charge is 2.22. The average molecular weight is 532 g/mol. The summed E-state index contributed by atoms with van der Waals surface area (Å²) in [5.41, 5.74) is 3.72. The Morgan fingerprint density at radius 2 is 1.65 bits per heavy atom. The summed E-state index contributed by atoms with van der Waals surface area (Å²) < 4.78 is 5.92. The number of nitrogens with zero attached hydrogens (tertiary/aromatic N) is 1. The molecule has 0 unspecified atom stereocenters. The Bertz CT molecular complexity index is 1640. The second-order valence-corrected chi connectivity index (χ2v) is 9.96. The number of carbonyl (C=O) groups is 1. The normalized spacial score (nSPS) is 11.4. The first-order valence-electron chi connectivity index (χ1n) is 11.8. The van der Waals surface area contributed by atoms with Crippen LogP contribution in [0.2, 0.25) is 10.0 Å². The summed E-state index contributed by atoms with van der Waals surface area (Å²) in [6.07, 6.45) is 0. The van der Waals surface area contributed by atoms with Gasteiger partial charge in [-0.15, -0.1) is 0 Å². The van der Waals surface area contributed by atoms with Crippen molar-refractivity contribution in [1.82, 2.24) is 4.90 Å². The third-order valence-electron chi connectivity index (χ3n) is 6.34. The van der Waals surface area contributed by atoms with Crippen molar-refractivity contribution in [2.75, 3.05) is 0 Å². The van der Waals surface area contributed by atoms with Crippen LogP contribution in [0.5, 0.6) is 5.75 Å². The fourth-order valence-corrected chi connectivity index (χ4v) is 4.75. The molecule has 37 heavy (non-hydrogen) atoms. The Hall–Kier alpha value is -3.80. The number of hydrogen-bond acceptors (Lipinski definition) is 4. The van der Waals surface area contributed by atoms with E-state index in [2.05, 4.69) is 0 Å². The van der Waals surface area contributed by atoms with Crippen LogP contribution in [-0.2, 0) is 6.54 Å². The molecule has 1 heterocycles. The number of fused-ring (bicyclic) bond motifs is 2. The van der Waals surface area contributed by atoms with Gasteiger partial charge in [0.05, 0.1) is 10.0 Å². The van der Waals surface area contributed by atoms with Gasteiger partial charge in [-0.3, -0.25) is 9.59 Å². The minimum Gasteiger partial charge on any atom is -0.506 e. The van der Waals surface area contributed by atoms with Gasteiger partial charge in [0, 0.05) is 46.8 Å². The predicted molar refractivity (Wildman–Crippen MR) is 148 cm³/mol. The van der Waals surface area contributed by atoms with Crippen LogP contribution in [0, 0.1) is 0 Å². The van der Waals surface area contributed by atoms with Gasteiger partial charge in [-0.25, -0.2) is 0 Å². The van der Waals surface area contributed by atoms with E-state index in [0.29, 0.717) is 34.4 Å². The SMILES string of the molecule is CC(C)N(Cc1ccccc1)C(=O)c1ccc(-c2c3cc(Cl)c(=O)cc-3oc3cc(O)c(Cl)cc23)cc1. The maximum atomic E-state index is 13.4. The van der Waals surface area contributed by atoms with Crippen molar-refractivity contribution in [3.63, 3.8) is 0 Å². The number of carbonyl (C=O) groups excluding carboxylic acids is 1. The summed E-state index contributed by atoms with van der Waals surface area (Å²) in [5, 5.41) is 11.0. The molecule has 0 saturated carbocycles. The molecule has 1 N–H and O–H groups in total. The standard InChI is InChI=1S/C30H23Cl2NO4/c1-17(2)33(16-18-6-4-3-5-7-18)30(36)20-10-8-19(9-11-20)29-21-12-23(31)25(34)14-27(21)37-28-15-26(35)24(32)13-22(28)29/h3-15,17,34H,16H2,1-2H3. The molecule has 2 aliphatic rings. The van der Waals surface area contributed by atoms with Gasteiger partial charge >= 0.3 is 0 Å². The number of aromatic hydroxyl groups is 1. The number of phenolic OH excluding ortho intramolecular Hbond substituents is 1. The van der Waals surface area contributed by atoms with Crippen LogP contribution in [0.1, 0.15) is 29.8 Å². The van der Waals surface area contributed by atoms with E-state index in [1.807, 2.05) is 61.2 Å². The fourth-order valence-electron chi connectivity index (χ4n) is 4.43. The van der Waals surface area contributed by atoms with E-state index in [0.717, 1.165) is 16.7 Å². The Morgan fingerprint density at radius 1 is 0.946 bits per heavy atom. The molecule has 0 saturated heterocycles. The third-order valence-corrected chi connectivity index (χ3v) is 6.94. The smallest absolute Gasteiger partial charge is 0.254 e. The zero-order valence-electron chi connectivity index (χ0n) is 20.2. The monoisotopic (exact) mass is 531 g/mol. The van der Waals surface area contributed by atoms with E-state index in [9.17, 15) is 14.7 Å². The Labute approximate surface area is 223 Å². The number of rotatable bonds is 5. The number of hydrogen-bond donors (Lipinski definition) is 1. The van der Waals surface area contributed by atoms with E-state index in [4.69, 9.17) is 27.6 Å².